The first-order valence-corrected chi connectivity index (χ1v) is 15.6. The zero-order valence-corrected chi connectivity index (χ0v) is 24.3. The average Bonchev–Trinajstić information content (AvgIpc) is 2.90. The van der Waals surface area contributed by atoms with Gasteiger partial charge < -0.3 is 20.6 Å². The Morgan fingerprint density at radius 3 is 1.65 bits per heavy atom. The lowest BCUT2D eigenvalue weighted by atomic mass is 10.0. The van der Waals surface area contributed by atoms with Crippen molar-refractivity contribution in [3.63, 3.8) is 0 Å². The number of allylic oxidation sites excluding steroid dienone is 4. The van der Waals surface area contributed by atoms with Crippen molar-refractivity contribution in [3.8, 4) is 0 Å². The molecule has 0 aromatic heterocycles. The van der Waals surface area contributed by atoms with E-state index < -0.39 is 18.2 Å². The molecule has 5 nitrogen and oxygen atoms in total. The Kier molecular flexibility index (Phi) is 27.0. The lowest BCUT2D eigenvalue weighted by Crippen LogP contribution is -2.50. The van der Waals surface area contributed by atoms with Crippen LogP contribution in [0.2, 0.25) is 0 Å². The van der Waals surface area contributed by atoms with Crippen molar-refractivity contribution in [2.45, 2.75) is 167 Å². The standard InChI is InChI=1S/C32H61NO4/c1-3-5-7-9-11-13-14-15-16-17-19-20-22-24-26-30(35)32(37)29(28-34)33-31(36)27-25-23-21-18-12-10-8-6-4-2/h14-15,19-20,29-30,32,34-35,37H,3-13,16-18,21-28H2,1-2H3,(H,33,36)/b15-14+,20-19+. The number of nitrogens with one attached hydrogen (secondary N) is 1. The summed E-state index contributed by atoms with van der Waals surface area (Å²) in [5.74, 6) is -0.165. The molecule has 0 aromatic rings. The Morgan fingerprint density at radius 1 is 0.649 bits per heavy atom. The molecule has 218 valence electrons. The minimum absolute atomic E-state index is 0.165. The molecular formula is C32H61NO4. The number of rotatable bonds is 27. The Hall–Kier alpha value is -1.17. The first kappa shape index (κ1) is 35.8. The van der Waals surface area contributed by atoms with Gasteiger partial charge in [0.1, 0.15) is 6.10 Å². The predicted octanol–water partition coefficient (Wildman–Crippen LogP) is 7.53. The van der Waals surface area contributed by atoms with Crippen LogP contribution in [0.5, 0.6) is 0 Å². The predicted molar refractivity (Wildman–Crippen MR) is 158 cm³/mol. The number of unbranched alkanes of at least 4 members (excludes halogenated alkanes) is 15. The van der Waals surface area contributed by atoms with E-state index in [1.165, 1.54) is 77.0 Å². The van der Waals surface area contributed by atoms with E-state index in [0.717, 1.165) is 44.9 Å². The van der Waals surface area contributed by atoms with Crippen LogP contribution in [0.15, 0.2) is 24.3 Å². The van der Waals surface area contributed by atoms with Gasteiger partial charge >= 0.3 is 0 Å². The monoisotopic (exact) mass is 523 g/mol. The molecule has 0 radical (unpaired) electrons. The number of carbonyl (C=O) groups excluding carboxylic acids is 1. The second-order valence-electron chi connectivity index (χ2n) is 10.6. The highest BCUT2D eigenvalue weighted by molar-refractivity contribution is 5.76. The molecule has 0 heterocycles. The van der Waals surface area contributed by atoms with Crippen molar-refractivity contribution in [1.29, 1.82) is 0 Å². The molecule has 0 aliphatic heterocycles. The molecule has 37 heavy (non-hydrogen) atoms. The van der Waals surface area contributed by atoms with E-state index in [0.29, 0.717) is 12.8 Å². The van der Waals surface area contributed by atoms with Gasteiger partial charge in [-0.2, -0.15) is 0 Å². The molecule has 0 spiro atoms. The summed E-state index contributed by atoms with van der Waals surface area (Å²) in [6, 6.07) is -0.824. The summed E-state index contributed by atoms with van der Waals surface area (Å²) >= 11 is 0. The summed E-state index contributed by atoms with van der Waals surface area (Å²) in [4.78, 5) is 12.2. The van der Waals surface area contributed by atoms with Gasteiger partial charge in [-0.25, -0.2) is 0 Å². The third-order valence-electron chi connectivity index (χ3n) is 7.04. The molecule has 0 rings (SSSR count). The fourth-order valence-electron chi connectivity index (χ4n) is 4.53. The molecule has 0 aliphatic rings. The summed E-state index contributed by atoms with van der Waals surface area (Å²) in [6.07, 6.45) is 29.8. The van der Waals surface area contributed by atoms with Crippen LogP contribution in [0.4, 0.5) is 0 Å². The Bertz CT molecular complexity index is 549. The number of amides is 1. The Morgan fingerprint density at radius 2 is 1.11 bits per heavy atom. The molecular weight excluding hydrogens is 462 g/mol. The molecule has 0 saturated carbocycles. The number of hydrogen-bond donors (Lipinski definition) is 4. The van der Waals surface area contributed by atoms with Crippen LogP contribution in [-0.2, 0) is 4.79 Å². The van der Waals surface area contributed by atoms with Gasteiger partial charge in [-0.3, -0.25) is 4.79 Å². The second-order valence-corrected chi connectivity index (χ2v) is 10.6. The highest BCUT2D eigenvalue weighted by Crippen LogP contribution is 2.12. The summed E-state index contributed by atoms with van der Waals surface area (Å²) in [5.41, 5.74) is 0. The van der Waals surface area contributed by atoms with Crippen LogP contribution in [0, 0.1) is 0 Å². The smallest absolute Gasteiger partial charge is 0.220 e. The minimum Gasteiger partial charge on any atom is -0.394 e. The van der Waals surface area contributed by atoms with E-state index in [2.05, 4.69) is 43.5 Å². The van der Waals surface area contributed by atoms with Crippen LogP contribution < -0.4 is 5.32 Å². The summed E-state index contributed by atoms with van der Waals surface area (Å²) in [6.45, 7) is 4.09. The lowest BCUT2D eigenvalue weighted by molar-refractivity contribution is -0.124. The van der Waals surface area contributed by atoms with Gasteiger partial charge in [0.15, 0.2) is 0 Å². The second kappa shape index (κ2) is 27.9. The minimum atomic E-state index is -1.16. The van der Waals surface area contributed by atoms with Crippen LogP contribution >= 0.6 is 0 Å². The number of hydrogen-bond acceptors (Lipinski definition) is 4. The van der Waals surface area contributed by atoms with Gasteiger partial charge in [-0.05, 0) is 51.4 Å². The van der Waals surface area contributed by atoms with Crippen molar-refractivity contribution in [2.24, 2.45) is 0 Å². The Balaban J connectivity index is 3.85. The highest BCUT2D eigenvalue weighted by Gasteiger charge is 2.26. The van der Waals surface area contributed by atoms with Crippen LogP contribution in [0.3, 0.4) is 0 Å². The van der Waals surface area contributed by atoms with E-state index in [4.69, 9.17) is 0 Å². The maximum absolute atomic E-state index is 12.2. The lowest BCUT2D eigenvalue weighted by Gasteiger charge is -2.26. The topological polar surface area (TPSA) is 89.8 Å². The quantitative estimate of drug-likeness (QED) is 0.0661. The summed E-state index contributed by atoms with van der Waals surface area (Å²) in [7, 11) is 0. The molecule has 0 bridgehead atoms. The fourth-order valence-corrected chi connectivity index (χ4v) is 4.53. The molecule has 0 saturated heterocycles. The van der Waals surface area contributed by atoms with Crippen LogP contribution in [0.25, 0.3) is 0 Å². The van der Waals surface area contributed by atoms with Crippen molar-refractivity contribution in [3.05, 3.63) is 24.3 Å². The van der Waals surface area contributed by atoms with Crippen molar-refractivity contribution in [2.75, 3.05) is 6.61 Å². The SMILES string of the molecule is CCCCCCC/C=C/CC/C=C/CCCC(O)C(O)C(CO)NC(=O)CCCCCCCCCCC. The molecule has 3 unspecified atom stereocenters. The van der Waals surface area contributed by atoms with E-state index in [9.17, 15) is 20.1 Å². The number of aliphatic hydroxyl groups is 3. The van der Waals surface area contributed by atoms with Crippen LogP contribution in [0.1, 0.15) is 149 Å². The van der Waals surface area contributed by atoms with Gasteiger partial charge in [0, 0.05) is 6.42 Å². The first-order valence-electron chi connectivity index (χ1n) is 15.6. The van der Waals surface area contributed by atoms with E-state index in [-0.39, 0.29) is 12.5 Å². The van der Waals surface area contributed by atoms with Gasteiger partial charge in [0.2, 0.25) is 5.91 Å². The van der Waals surface area contributed by atoms with Gasteiger partial charge in [-0.15, -0.1) is 0 Å². The highest BCUT2D eigenvalue weighted by atomic mass is 16.3. The molecule has 0 aromatic carbocycles. The maximum Gasteiger partial charge on any atom is 0.220 e. The fraction of sp³-hybridized carbons (Fsp3) is 0.844. The van der Waals surface area contributed by atoms with E-state index in [1.54, 1.807) is 0 Å². The van der Waals surface area contributed by atoms with Gasteiger partial charge in [0.05, 0.1) is 18.8 Å². The molecule has 3 atom stereocenters. The molecule has 5 heteroatoms. The van der Waals surface area contributed by atoms with Crippen molar-refractivity contribution >= 4 is 5.91 Å². The molecule has 1 amide bonds. The average molecular weight is 524 g/mol. The normalized spacial score (nSPS) is 14.4. The van der Waals surface area contributed by atoms with Gasteiger partial charge in [-0.1, -0.05) is 115 Å². The molecule has 0 fully saturated rings. The maximum atomic E-state index is 12.2. The Labute approximate surface area is 229 Å². The molecule has 4 N–H and O–H groups in total. The third-order valence-corrected chi connectivity index (χ3v) is 7.04. The first-order chi connectivity index (χ1) is 18.1. The summed E-state index contributed by atoms with van der Waals surface area (Å²) in [5, 5.41) is 33.1. The summed E-state index contributed by atoms with van der Waals surface area (Å²) < 4.78 is 0. The van der Waals surface area contributed by atoms with E-state index >= 15 is 0 Å². The number of aliphatic hydroxyl groups excluding tert-OH is 3. The van der Waals surface area contributed by atoms with Crippen molar-refractivity contribution < 1.29 is 20.1 Å². The zero-order valence-electron chi connectivity index (χ0n) is 24.3. The third kappa shape index (κ3) is 23.7. The molecule has 0 aliphatic carbocycles. The number of carbonyl (C=O) groups is 1. The van der Waals surface area contributed by atoms with Gasteiger partial charge in [0.25, 0.3) is 0 Å². The zero-order chi connectivity index (χ0) is 27.4. The van der Waals surface area contributed by atoms with Crippen LogP contribution in [-0.4, -0.2) is 46.1 Å². The van der Waals surface area contributed by atoms with E-state index in [1.807, 2.05) is 0 Å². The van der Waals surface area contributed by atoms with Crippen molar-refractivity contribution in [1.82, 2.24) is 5.32 Å². The largest absolute Gasteiger partial charge is 0.394 e.